The average Bonchev–Trinajstić information content (AvgIpc) is 2.86. The fourth-order valence-electron chi connectivity index (χ4n) is 3.15. The number of ether oxygens (including phenoxy) is 1. The van der Waals surface area contributed by atoms with Crippen LogP contribution in [0.25, 0.3) is 0 Å². The lowest BCUT2D eigenvalue weighted by molar-refractivity contribution is -0.136. The highest BCUT2D eigenvalue weighted by Gasteiger charge is 2.29. The number of anilines is 3. The molecule has 1 aliphatic heterocycles. The van der Waals surface area contributed by atoms with Gasteiger partial charge in [0.25, 0.3) is 0 Å². The molecule has 0 saturated heterocycles. The zero-order valence-corrected chi connectivity index (χ0v) is 16.6. The maximum atomic E-state index is 12.8. The second-order valence-electron chi connectivity index (χ2n) is 6.75. The molecular formula is C21H22N4O5. The number of methoxy groups -OCH3 is 1. The lowest BCUT2D eigenvalue weighted by atomic mass is 10.1. The predicted molar refractivity (Wildman–Crippen MR) is 111 cm³/mol. The SMILES string of the molecule is COc1ccc(NC(=O)C(=O)NCC(=O)N2c3ccccc3NC(=O)CC2C)cc1. The van der Waals surface area contributed by atoms with Crippen LogP contribution in [-0.4, -0.2) is 43.3 Å². The van der Waals surface area contributed by atoms with Crippen molar-refractivity contribution in [3.05, 3.63) is 48.5 Å². The summed E-state index contributed by atoms with van der Waals surface area (Å²) in [5.74, 6) is -1.86. The summed E-state index contributed by atoms with van der Waals surface area (Å²) in [5.41, 5.74) is 1.48. The molecule has 0 fully saturated rings. The van der Waals surface area contributed by atoms with Crippen molar-refractivity contribution in [2.45, 2.75) is 19.4 Å². The molecule has 30 heavy (non-hydrogen) atoms. The normalized spacial score (nSPS) is 15.3. The highest BCUT2D eigenvalue weighted by molar-refractivity contribution is 6.40. The number of hydrogen-bond acceptors (Lipinski definition) is 5. The lowest BCUT2D eigenvalue weighted by Crippen LogP contribution is -2.46. The van der Waals surface area contributed by atoms with E-state index in [2.05, 4.69) is 16.0 Å². The molecule has 3 rings (SSSR count). The van der Waals surface area contributed by atoms with Crippen molar-refractivity contribution in [2.24, 2.45) is 0 Å². The number of nitrogens with zero attached hydrogens (tertiary/aromatic N) is 1. The molecule has 1 unspecified atom stereocenters. The van der Waals surface area contributed by atoms with Gasteiger partial charge >= 0.3 is 11.8 Å². The van der Waals surface area contributed by atoms with Crippen LogP contribution in [0.5, 0.6) is 5.75 Å². The van der Waals surface area contributed by atoms with Crippen molar-refractivity contribution in [1.82, 2.24) is 5.32 Å². The molecule has 1 atom stereocenters. The summed E-state index contributed by atoms with van der Waals surface area (Å²) in [4.78, 5) is 50.5. The van der Waals surface area contributed by atoms with E-state index in [4.69, 9.17) is 4.74 Å². The first-order valence-corrected chi connectivity index (χ1v) is 9.33. The molecule has 0 aromatic heterocycles. The minimum atomic E-state index is -0.941. The van der Waals surface area contributed by atoms with Crippen molar-refractivity contribution in [2.75, 3.05) is 29.2 Å². The van der Waals surface area contributed by atoms with E-state index in [1.54, 1.807) is 55.5 Å². The van der Waals surface area contributed by atoms with E-state index in [1.807, 2.05) is 0 Å². The summed E-state index contributed by atoms with van der Waals surface area (Å²) in [6, 6.07) is 13.0. The second kappa shape index (κ2) is 9.08. The maximum absolute atomic E-state index is 12.8. The monoisotopic (exact) mass is 410 g/mol. The van der Waals surface area contributed by atoms with E-state index >= 15 is 0 Å². The molecule has 0 spiro atoms. The van der Waals surface area contributed by atoms with E-state index in [1.165, 1.54) is 12.0 Å². The van der Waals surface area contributed by atoms with Gasteiger partial charge in [-0.05, 0) is 43.3 Å². The lowest BCUT2D eigenvalue weighted by Gasteiger charge is -2.27. The molecule has 9 nitrogen and oxygen atoms in total. The van der Waals surface area contributed by atoms with Crippen LogP contribution in [-0.2, 0) is 19.2 Å². The molecule has 0 aliphatic carbocycles. The van der Waals surface area contributed by atoms with Crippen LogP contribution in [0.4, 0.5) is 17.1 Å². The minimum Gasteiger partial charge on any atom is -0.497 e. The van der Waals surface area contributed by atoms with Crippen LogP contribution in [0.15, 0.2) is 48.5 Å². The van der Waals surface area contributed by atoms with Gasteiger partial charge in [-0.1, -0.05) is 12.1 Å². The number of para-hydroxylation sites is 2. The Hall–Kier alpha value is -3.88. The summed E-state index contributed by atoms with van der Waals surface area (Å²) in [7, 11) is 1.52. The third kappa shape index (κ3) is 4.75. The Morgan fingerprint density at radius 1 is 1.10 bits per heavy atom. The van der Waals surface area contributed by atoms with E-state index in [0.717, 1.165) is 0 Å². The van der Waals surface area contributed by atoms with Crippen molar-refractivity contribution < 1.29 is 23.9 Å². The number of nitrogens with one attached hydrogen (secondary N) is 3. The smallest absolute Gasteiger partial charge is 0.313 e. The average molecular weight is 410 g/mol. The summed E-state index contributed by atoms with van der Waals surface area (Å²) in [6.07, 6.45) is 0.117. The van der Waals surface area contributed by atoms with Crippen LogP contribution in [0.2, 0.25) is 0 Å². The van der Waals surface area contributed by atoms with E-state index in [-0.39, 0.29) is 18.9 Å². The highest BCUT2D eigenvalue weighted by atomic mass is 16.5. The molecule has 4 amide bonds. The van der Waals surface area contributed by atoms with Crippen LogP contribution >= 0.6 is 0 Å². The van der Waals surface area contributed by atoms with Crippen LogP contribution in [0, 0.1) is 0 Å². The Bertz CT molecular complexity index is 974. The number of fused-ring (bicyclic) bond motifs is 1. The molecular weight excluding hydrogens is 388 g/mol. The Morgan fingerprint density at radius 2 is 1.80 bits per heavy atom. The van der Waals surface area contributed by atoms with Gasteiger partial charge in [-0.2, -0.15) is 0 Å². The topological polar surface area (TPSA) is 117 Å². The predicted octanol–water partition coefficient (Wildman–Crippen LogP) is 1.51. The molecule has 156 valence electrons. The molecule has 9 heteroatoms. The number of amides is 4. The molecule has 2 aromatic rings. The first kappa shape index (κ1) is 20.8. The zero-order valence-electron chi connectivity index (χ0n) is 16.6. The number of carbonyl (C=O) groups is 4. The van der Waals surface area contributed by atoms with Crippen LogP contribution in [0.1, 0.15) is 13.3 Å². The Kier molecular flexibility index (Phi) is 6.31. The van der Waals surface area contributed by atoms with Gasteiger partial charge in [0, 0.05) is 18.2 Å². The van der Waals surface area contributed by atoms with Crippen molar-refractivity contribution in [3.8, 4) is 5.75 Å². The van der Waals surface area contributed by atoms with Gasteiger partial charge in [0.05, 0.1) is 25.0 Å². The number of rotatable bonds is 4. The second-order valence-corrected chi connectivity index (χ2v) is 6.75. The summed E-state index contributed by atoms with van der Waals surface area (Å²) in [5, 5.41) is 7.55. The van der Waals surface area contributed by atoms with Gasteiger partial charge in [-0.3, -0.25) is 19.2 Å². The quantitative estimate of drug-likeness (QED) is 0.661. The first-order valence-electron chi connectivity index (χ1n) is 9.33. The van der Waals surface area contributed by atoms with E-state index < -0.39 is 23.8 Å². The molecule has 0 saturated carbocycles. The summed E-state index contributed by atoms with van der Waals surface area (Å²) in [6.45, 7) is 1.36. The minimum absolute atomic E-state index is 0.117. The summed E-state index contributed by atoms with van der Waals surface area (Å²) >= 11 is 0. The fraction of sp³-hybridized carbons (Fsp3) is 0.238. The summed E-state index contributed by atoms with van der Waals surface area (Å²) < 4.78 is 5.03. The molecule has 0 bridgehead atoms. The fourth-order valence-corrected chi connectivity index (χ4v) is 3.15. The van der Waals surface area contributed by atoms with Crippen LogP contribution < -0.4 is 25.6 Å². The molecule has 2 aromatic carbocycles. The largest absolute Gasteiger partial charge is 0.497 e. The van der Waals surface area contributed by atoms with Gasteiger partial charge in [0.1, 0.15) is 5.75 Å². The van der Waals surface area contributed by atoms with Crippen molar-refractivity contribution >= 4 is 40.7 Å². The van der Waals surface area contributed by atoms with E-state index in [9.17, 15) is 19.2 Å². The molecule has 1 heterocycles. The molecule has 3 N–H and O–H groups in total. The molecule has 0 radical (unpaired) electrons. The van der Waals surface area contributed by atoms with Crippen molar-refractivity contribution in [3.63, 3.8) is 0 Å². The van der Waals surface area contributed by atoms with Gasteiger partial charge in [-0.15, -0.1) is 0 Å². The van der Waals surface area contributed by atoms with Crippen molar-refractivity contribution in [1.29, 1.82) is 0 Å². The first-order chi connectivity index (χ1) is 14.4. The van der Waals surface area contributed by atoms with Gasteiger partial charge in [0.2, 0.25) is 11.8 Å². The van der Waals surface area contributed by atoms with Gasteiger partial charge < -0.3 is 25.6 Å². The van der Waals surface area contributed by atoms with Gasteiger partial charge in [0.15, 0.2) is 0 Å². The number of carbonyl (C=O) groups excluding carboxylic acids is 4. The maximum Gasteiger partial charge on any atom is 0.313 e. The van der Waals surface area contributed by atoms with E-state index in [0.29, 0.717) is 22.8 Å². The Balaban J connectivity index is 1.63. The zero-order chi connectivity index (χ0) is 21.7. The Labute approximate surface area is 173 Å². The standard InChI is InChI=1S/C21H22N4O5/c1-13-11-18(26)24-16-5-3-4-6-17(16)25(13)19(27)12-22-20(28)21(29)23-14-7-9-15(30-2)10-8-14/h3-10,13H,11-12H2,1-2H3,(H,22,28)(H,23,29)(H,24,26). The third-order valence-electron chi connectivity index (χ3n) is 4.58. The van der Waals surface area contributed by atoms with Crippen LogP contribution in [0.3, 0.4) is 0 Å². The molecule has 1 aliphatic rings. The highest BCUT2D eigenvalue weighted by Crippen LogP contribution is 2.31. The third-order valence-corrected chi connectivity index (χ3v) is 4.58. The number of benzene rings is 2. The Morgan fingerprint density at radius 3 is 2.50 bits per heavy atom. The number of hydrogen-bond donors (Lipinski definition) is 3. The van der Waals surface area contributed by atoms with Gasteiger partial charge in [-0.25, -0.2) is 0 Å².